The second kappa shape index (κ2) is 4.60. The molecule has 1 aliphatic rings. The molecule has 2 aromatic rings. The summed E-state index contributed by atoms with van der Waals surface area (Å²) in [5.74, 6) is -1.18. The summed E-state index contributed by atoms with van der Waals surface area (Å²) in [5, 5.41) is 0. The van der Waals surface area contributed by atoms with Gasteiger partial charge in [0.15, 0.2) is 0 Å². The van der Waals surface area contributed by atoms with Crippen molar-refractivity contribution >= 4 is 11.6 Å². The maximum atomic E-state index is 13.3. The fourth-order valence-corrected chi connectivity index (χ4v) is 2.56. The lowest BCUT2D eigenvalue weighted by atomic mass is 9.96. The molecule has 0 saturated heterocycles. The lowest BCUT2D eigenvalue weighted by Crippen LogP contribution is -2.46. The van der Waals surface area contributed by atoms with Gasteiger partial charge >= 0.3 is 6.30 Å². The lowest BCUT2D eigenvalue weighted by Gasteiger charge is -2.26. The van der Waals surface area contributed by atoms with Crippen LogP contribution in [-0.2, 0) is 4.79 Å². The lowest BCUT2D eigenvalue weighted by molar-refractivity contribution is -0.150. The van der Waals surface area contributed by atoms with Crippen molar-refractivity contribution in [1.82, 2.24) is 0 Å². The summed E-state index contributed by atoms with van der Waals surface area (Å²) in [6, 6.07) is 11.2. The van der Waals surface area contributed by atoms with Gasteiger partial charge in [0.2, 0.25) is 0 Å². The van der Waals surface area contributed by atoms with Crippen molar-refractivity contribution in [2.75, 3.05) is 4.90 Å². The second-order valence-electron chi connectivity index (χ2n) is 4.72. The van der Waals surface area contributed by atoms with Crippen molar-refractivity contribution in [3.63, 3.8) is 0 Å². The molecule has 0 bridgehead atoms. The fourth-order valence-electron chi connectivity index (χ4n) is 2.56. The number of para-hydroxylation sites is 1. The van der Waals surface area contributed by atoms with Crippen molar-refractivity contribution in [1.29, 1.82) is 0 Å². The molecular weight excluding hydrogens is 281 g/mol. The maximum Gasteiger partial charge on any atom is 0.491 e. The predicted molar refractivity (Wildman–Crippen MR) is 72.3 cm³/mol. The van der Waals surface area contributed by atoms with Crippen molar-refractivity contribution in [2.45, 2.75) is 12.3 Å². The molecule has 1 heterocycles. The molecule has 0 saturated carbocycles. The molecular formula is C15H11F3N2O. The van der Waals surface area contributed by atoms with E-state index >= 15 is 0 Å². The first-order valence-corrected chi connectivity index (χ1v) is 6.26. The van der Waals surface area contributed by atoms with Crippen molar-refractivity contribution in [3.05, 3.63) is 54.1 Å². The Kier molecular flexibility index (Phi) is 2.98. The normalized spacial score (nSPS) is 18.0. The highest BCUT2D eigenvalue weighted by molar-refractivity contribution is 6.05. The van der Waals surface area contributed by atoms with Gasteiger partial charge in [0.25, 0.3) is 5.91 Å². The molecule has 1 atom stereocenters. The minimum absolute atomic E-state index is 0.174. The Morgan fingerprint density at radius 2 is 1.52 bits per heavy atom. The number of alkyl halides is 3. The molecule has 2 N–H and O–H groups in total. The number of nitrogens with two attached hydrogens (primary N) is 1. The zero-order chi connectivity index (χ0) is 15.2. The van der Waals surface area contributed by atoms with Gasteiger partial charge < -0.3 is 5.73 Å². The second-order valence-corrected chi connectivity index (χ2v) is 4.72. The third-order valence-corrected chi connectivity index (χ3v) is 3.47. The maximum absolute atomic E-state index is 13.3. The molecule has 0 aromatic heterocycles. The van der Waals surface area contributed by atoms with Crippen LogP contribution in [0, 0.1) is 0 Å². The molecule has 6 heteroatoms. The summed E-state index contributed by atoms with van der Waals surface area (Å²) in [7, 11) is 0. The van der Waals surface area contributed by atoms with E-state index in [-0.39, 0.29) is 10.6 Å². The van der Waals surface area contributed by atoms with Gasteiger partial charge in [-0.3, -0.25) is 4.79 Å². The van der Waals surface area contributed by atoms with Gasteiger partial charge in [0.1, 0.15) is 6.04 Å². The highest BCUT2D eigenvalue weighted by atomic mass is 19.4. The highest BCUT2D eigenvalue weighted by Crippen LogP contribution is 2.43. The average Bonchev–Trinajstić information content (AvgIpc) is 2.54. The number of rotatable bonds is 0. The van der Waals surface area contributed by atoms with Crippen LogP contribution in [0.2, 0.25) is 0 Å². The number of hydrogen-bond acceptors (Lipinski definition) is 2. The Labute approximate surface area is 118 Å². The molecule has 0 fully saturated rings. The monoisotopic (exact) mass is 292 g/mol. The Balaban J connectivity index is 2.35. The Hall–Kier alpha value is -2.34. The predicted octanol–water partition coefficient (Wildman–Crippen LogP) is 3.22. The summed E-state index contributed by atoms with van der Waals surface area (Å²) in [6.07, 6.45) is -4.83. The van der Waals surface area contributed by atoms with Crippen LogP contribution >= 0.6 is 0 Å². The molecule has 0 radical (unpaired) electrons. The third kappa shape index (κ3) is 2.08. The minimum atomic E-state index is -4.83. The van der Waals surface area contributed by atoms with E-state index in [1.807, 2.05) is 0 Å². The van der Waals surface area contributed by atoms with Gasteiger partial charge in [-0.1, -0.05) is 42.5 Å². The number of carbonyl (C=O) groups is 1. The molecule has 2 aromatic carbocycles. The first kappa shape index (κ1) is 13.6. The van der Waals surface area contributed by atoms with Gasteiger partial charge in [0, 0.05) is 5.56 Å². The summed E-state index contributed by atoms with van der Waals surface area (Å²) >= 11 is 0. The minimum Gasteiger partial charge on any atom is -0.316 e. The zero-order valence-electron chi connectivity index (χ0n) is 10.8. The SMILES string of the molecule is NC1C(=O)N(C(F)(F)F)c2ccccc2-c2ccccc21. The van der Waals surface area contributed by atoms with Crippen molar-refractivity contribution < 1.29 is 18.0 Å². The van der Waals surface area contributed by atoms with Gasteiger partial charge in [-0.15, -0.1) is 13.2 Å². The zero-order valence-corrected chi connectivity index (χ0v) is 10.8. The van der Waals surface area contributed by atoms with Crippen LogP contribution in [0.3, 0.4) is 0 Å². The molecule has 108 valence electrons. The van der Waals surface area contributed by atoms with E-state index in [2.05, 4.69) is 0 Å². The molecule has 1 amide bonds. The van der Waals surface area contributed by atoms with E-state index in [0.29, 0.717) is 16.7 Å². The van der Waals surface area contributed by atoms with E-state index in [1.165, 1.54) is 12.1 Å². The molecule has 1 unspecified atom stereocenters. The van der Waals surface area contributed by atoms with Crippen LogP contribution < -0.4 is 10.6 Å². The Morgan fingerprint density at radius 1 is 0.952 bits per heavy atom. The average molecular weight is 292 g/mol. The van der Waals surface area contributed by atoms with Crippen LogP contribution in [0.4, 0.5) is 18.9 Å². The van der Waals surface area contributed by atoms with Gasteiger partial charge in [-0.25, -0.2) is 4.90 Å². The fraction of sp³-hybridized carbons (Fsp3) is 0.133. The molecule has 21 heavy (non-hydrogen) atoms. The summed E-state index contributed by atoms with van der Waals surface area (Å²) < 4.78 is 39.9. The van der Waals surface area contributed by atoms with Gasteiger partial charge in [-0.2, -0.15) is 0 Å². The number of carbonyl (C=O) groups excluding carboxylic acids is 1. The van der Waals surface area contributed by atoms with E-state index in [0.717, 1.165) is 0 Å². The van der Waals surface area contributed by atoms with Crippen LogP contribution in [0.1, 0.15) is 11.6 Å². The van der Waals surface area contributed by atoms with Crippen LogP contribution in [0.25, 0.3) is 11.1 Å². The summed E-state index contributed by atoms with van der Waals surface area (Å²) in [5.41, 5.74) is 6.84. The van der Waals surface area contributed by atoms with E-state index in [1.54, 1.807) is 36.4 Å². The molecule has 3 rings (SSSR count). The van der Waals surface area contributed by atoms with Crippen LogP contribution in [0.15, 0.2) is 48.5 Å². The molecule has 3 nitrogen and oxygen atoms in total. The number of fused-ring (bicyclic) bond motifs is 3. The topological polar surface area (TPSA) is 46.3 Å². The van der Waals surface area contributed by atoms with Gasteiger partial charge in [0.05, 0.1) is 5.69 Å². The van der Waals surface area contributed by atoms with Crippen LogP contribution in [0.5, 0.6) is 0 Å². The number of hydrogen-bond donors (Lipinski definition) is 1. The third-order valence-electron chi connectivity index (χ3n) is 3.47. The molecule has 0 spiro atoms. The molecule has 1 aliphatic heterocycles. The first-order chi connectivity index (χ1) is 9.91. The van der Waals surface area contributed by atoms with E-state index in [9.17, 15) is 18.0 Å². The van der Waals surface area contributed by atoms with E-state index in [4.69, 9.17) is 5.73 Å². The number of nitrogens with zero attached hydrogens (tertiary/aromatic N) is 1. The summed E-state index contributed by atoms with van der Waals surface area (Å²) in [6.45, 7) is 0. The largest absolute Gasteiger partial charge is 0.491 e. The smallest absolute Gasteiger partial charge is 0.316 e. The van der Waals surface area contributed by atoms with Crippen molar-refractivity contribution in [3.8, 4) is 11.1 Å². The van der Waals surface area contributed by atoms with Crippen molar-refractivity contribution in [2.24, 2.45) is 5.73 Å². The van der Waals surface area contributed by atoms with E-state index < -0.39 is 18.2 Å². The Morgan fingerprint density at radius 3 is 2.19 bits per heavy atom. The highest BCUT2D eigenvalue weighted by Gasteiger charge is 2.46. The number of halogens is 3. The number of amides is 1. The number of anilines is 1. The van der Waals surface area contributed by atoms with Crippen LogP contribution in [-0.4, -0.2) is 12.2 Å². The standard InChI is InChI=1S/C15H11F3N2O/c16-15(17,18)20-12-8-4-3-6-10(12)9-5-1-2-7-11(9)13(19)14(20)21/h1-8,13H,19H2. The summed E-state index contributed by atoms with van der Waals surface area (Å²) in [4.78, 5) is 12.0. The van der Waals surface area contributed by atoms with Gasteiger partial charge in [-0.05, 0) is 17.2 Å². The Bertz CT molecular complexity index is 712. The molecule has 0 aliphatic carbocycles. The number of benzene rings is 2. The quantitative estimate of drug-likeness (QED) is 0.758. The first-order valence-electron chi connectivity index (χ1n) is 6.26.